The van der Waals surface area contributed by atoms with Crippen molar-refractivity contribution >= 4 is 38.7 Å². The number of ketones is 1. The minimum absolute atomic E-state index is 0. The summed E-state index contributed by atoms with van der Waals surface area (Å²) in [4.78, 5) is 45.2. The summed E-state index contributed by atoms with van der Waals surface area (Å²) < 4.78 is 38.7. The summed E-state index contributed by atoms with van der Waals surface area (Å²) in [5.74, 6) is -0.0625. The largest absolute Gasteiger partial charge is 0.512 e. The normalized spacial score (nSPS) is 10.5. The van der Waals surface area contributed by atoms with Gasteiger partial charge >= 0.3 is 6.18 Å². The number of fused-ring (bicyclic) bond motifs is 5. The van der Waals surface area contributed by atoms with Crippen molar-refractivity contribution in [2.45, 2.75) is 39.3 Å². The van der Waals surface area contributed by atoms with Gasteiger partial charge in [0.15, 0.2) is 5.78 Å². The average molecular weight is 3190 g/mol. The van der Waals surface area contributed by atoms with Gasteiger partial charge < -0.3 is 45.0 Å². The minimum Gasteiger partial charge on any atom is -0.512 e. The number of carbonyl (C=O) groups excluding carboxylic acids is 1. The van der Waals surface area contributed by atoms with Crippen LogP contribution in [0.1, 0.15) is 44.4 Å². The van der Waals surface area contributed by atoms with Gasteiger partial charge in [-0.15, -0.1) is 267 Å². The molecule has 0 saturated carbocycles. The van der Waals surface area contributed by atoms with Gasteiger partial charge in [-0.25, -0.2) is 11.3 Å². The van der Waals surface area contributed by atoms with Gasteiger partial charge in [-0.1, -0.05) is 200 Å². The maximum Gasteiger partial charge on any atom is 0.381 e. The number of thiophene rings is 1. The third-order valence-electron chi connectivity index (χ3n) is 21.2. The van der Waals surface area contributed by atoms with E-state index < -0.39 is 11.7 Å². The fourth-order valence-electron chi connectivity index (χ4n) is 14.5. The molecule has 0 atom stereocenters. The van der Waals surface area contributed by atoms with E-state index in [1.807, 2.05) is 314 Å². The first-order chi connectivity index (χ1) is 68.6. The predicted octanol–water partition coefficient (Wildman–Crippen LogP) is 30.4. The second kappa shape index (κ2) is 64.1. The molecule has 22 aromatic rings. The Balaban J connectivity index is 0.000000222. The van der Waals surface area contributed by atoms with Gasteiger partial charge in [0.25, 0.3) is 0 Å². The third-order valence-corrected chi connectivity index (χ3v) is 22.0. The molecular weight excluding hydrogens is 3100 g/mol. The van der Waals surface area contributed by atoms with E-state index in [0.717, 1.165) is 95.9 Å². The standard InChI is InChI=1S/C18H15N2.C17H12N.2C15H10N.C12H7F3N.3C11H8N.C9H6NS.C5H8O2.6Ir.Pt/c1-18(2)16-7-4-3-6-14(16)15-9-8-13(12-17(15)18)20-11-5-10-19-20;1-2-7-14(8-3-1)15-9-6-10-16(13-15)17-11-4-5-12-18-17;2*1-2-7-13(8-3-1)15-14-9-5-4-6-12(14)10-11-16-15;13-12(14,15)10-6-4-9(5-7-10)11-3-1-2-8-16-11;3*1-2-6-10(7-3-1)11-8-4-5-9-12-11;1-2-6-10-8(4-1)9-5-3-7-11-9;1-4(6)3-5(2)7;;;;;;;/h3-7,9-12H,1-2H3;1-9,11-13H;2*1-7,9-11H;1-4,6-8H;3*1-6,8-9H;1-4,6-7H;3,6H,1-2H3;;;;;;;/q9*-1;;;;;;;;. The molecule has 0 fully saturated rings. The van der Waals surface area contributed by atoms with Crippen LogP contribution in [0, 0.1) is 54.6 Å². The summed E-state index contributed by atoms with van der Waals surface area (Å²) in [7, 11) is 0. The van der Waals surface area contributed by atoms with E-state index >= 15 is 0 Å². The Labute approximate surface area is 956 Å². The number of rotatable bonds is 11. The van der Waals surface area contributed by atoms with Crippen molar-refractivity contribution in [1.82, 2.24) is 49.7 Å². The number of hydrogen-bond acceptors (Lipinski definition) is 12. The van der Waals surface area contributed by atoms with E-state index in [1.165, 1.54) is 80.9 Å². The number of nitrogens with zero attached hydrogens (tertiary/aromatic N) is 10. The van der Waals surface area contributed by atoms with Crippen LogP contribution in [0.2, 0.25) is 0 Å². The molecule has 0 unspecified atom stereocenters. The molecule has 0 saturated heterocycles. The van der Waals surface area contributed by atoms with Crippen LogP contribution >= 0.6 is 11.3 Å². The van der Waals surface area contributed by atoms with E-state index in [-0.39, 0.29) is 159 Å². The first-order valence-electron chi connectivity index (χ1n) is 44.7. The Hall–Kier alpha value is -13.1. The van der Waals surface area contributed by atoms with E-state index in [0.29, 0.717) is 11.3 Å². The molecule has 10 heterocycles. The second-order valence-corrected chi connectivity index (χ2v) is 32.3. The van der Waals surface area contributed by atoms with Crippen LogP contribution in [0.5, 0.6) is 0 Å². The van der Waals surface area contributed by atoms with Gasteiger partial charge in [-0.05, 0) is 163 Å². The SMILES string of the molecule is CC(=O)C=C(C)O.CC1(C)c2ccccc2-c2c[c-]c(-n3cccn3)cc21.FC(F)(F)c1c[c-]c(-c2ccccn2)cc1.[Ir].[Ir].[Ir].[Ir].[Ir].[Ir].[Pt].[c-]1ccc(-c2ccccc2)cc1-c1ccccn1.[c-]1ccccc1-c1ccccn1.[c-]1ccccc1-c1ccccn1.[c-]1ccccc1-c1ccccn1.[c-]1ccccc1-c1nccc2ccccc12.[c-]1ccccc1-c1nccc2ccccc12.[c-]1ccsc1-c1ccccn1. The predicted molar refractivity (Wildman–Crippen MR) is 558 cm³/mol. The molecule has 0 spiro atoms. The smallest absolute Gasteiger partial charge is 0.381 e. The number of benzene rings is 12. The molecule has 0 amide bonds. The number of alkyl halides is 3. The van der Waals surface area contributed by atoms with Crippen molar-refractivity contribution in [1.29, 1.82) is 0 Å². The summed E-state index contributed by atoms with van der Waals surface area (Å²) in [6.07, 6.45) is 14.8. The number of carbonyl (C=O) groups is 1. The second-order valence-electron chi connectivity index (χ2n) is 31.3. The van der Waals surface area contributed by atoms with Gasteiger partial charge in [0.1, 0.15) is 0 Å². The van der Waals surface area contributed by atoms with Crippen molar-refractivity contribution < 1.29 is 165 Å². The molecule has 0 aliphatic heterocycles. The van der Waals surface area contributed by atoms with Crippen molar-refractivity contribution in [3.63, 3.8) is 0 Å². The molecule has 1 aliphatic rings. The first-order valence-corrected chi connectivity index (χ1v) is 45.6. The summed E-state index contributed by atoms with van der Waals surface area (Å²) >= 11 is 1.66. The number of allylic oxidation sites excluding steroid dienone is 2. The van der Waals surface area contributed by atoms with Gasteiger partial charge in [0, 0.05) is 210 Å². The summed E-state index contributed by atoms with van der Waals surface area (Å²) in [6.45, 7) is 7.41. The quantitative estimate of drug-likeness (QED) is 0.0746. The van der Waals surface area contributed by atoms with Gasteiger partial charge in [0.05, 0.1) is 5.76 Å². The molecule has 23 rings (SSSR count). The zero-order chi connectivity index (χ0) is 97.2. The van der Waals surface area contributed by atoms with E-state index in [1.54, 1.807) is 72.9 Å². The van der Waals surface area contributed by atoms with Gasteiger partial charge in [-0.3, -0.25) is 9.48 Å². The fourth-order valence-corrected chi connectivity index (χ4v) is 15.2. The monoisotopic (exact) mass is 3190 g/mol. The topological polar surface area (TPSA) is 158 Å². The fraction of sp³-hybridized carbons (Fsp3) is 0.0484. The molecule has 10 aromatic heterocycles. The van der Waals surface area contributed by atoms with Crippen LogP contribution < -0.4 is 0 Å². The molecule has 750 valence electrons. The Morgan fingerprint density at radius 3 is 1.12 bits per heavy atom. The molecule has 6 radical (unpaired) electrons. The molecule has 1 aliphatic carbocycles. The van der Waals surface area contributed by atoms with E-state index in [9.17, 15) is 18.0 Å². The third kappa shape index (κ3) is 36.7. The van der Waals surface area contributed by atoms with Gasteiger partial charge in [-0.2, -0.15) is 42.5 Å². The van der Waals surface area contributed by atoms with Crippen LogP contribution in [0.3, 0.4) is 0 Å². The van der Waals surface area contributed by atoms with Gasteiger partial charge in [0.2, 0.25) is 0 Å². The number of pyridine rings is 8. The van der Waals surface area contributed by atoms with Crippen LogP contribution in [-0.2, 0) is 158 Å². The Morgan fingerprint density at radius 2 is 0.741 bits per heavy atom. The summed E-state index contributed by atoms with van der Waals surface area (Å²) in [6, 6.07) is 159. The number of hydrogen-bond donors (Lipinski definition) is 1. The molecule has 12 nitrogen and oxygen atoms in total. The van der Waals surface area contributed by atoms with E-state index in [4.69, 9.17) is 5.11 Å². The minimum atomic E-state index is -4.32. The number of halogens is 3. The number of aliphatic hydroxyl groups is 1. The Morgan fingerprint density at radius 1 is 0.340 bits per heavy atom. The molecule has 12 aromatic carbocycles. The number of aliphatic hydroxyl groups excluding tert-OH is 1. The maximum absolute atomic E-state index is 12.3. The Kier molecular flexibility index (Phi) is 52.7. The van der Waals surface area contributed by atoms with Crippen molar-refractivity contribution in [3.05, 3.63) is 557 Å². The Bertz CT molecular complexity index is 7040. The molecule has 1 N–H and O–H groups in total. The number of aromatic nitrogens is 10. The molecule has 147 heavy (non-hydrogen) atoms. The molecule has 0 bridgehead atoms. The maximum atomic E-state index is 12.3. The van der Waals surface area contributed by atoms with Crippen molar-refractivity contribution in [2.24, 2.45) is 0 Å². The average Bonchev–Trinajstić information content (AvgIpc) is 1.58. The zero-order valence-corrected chi connectivity index (χ0v) is 96.8. The van der Waals surface area contributed by atoms with Crippen LogP contribution in [0.4, 0.5) is 13.2 Å². The van der Waals surface area contributed by atoms with Crippen LogP contribution in [0.15, 0.2) is 486 Å². The first kappa shape index (κ1) is 121. The van der Waals surface area contributed by atoms with Crippen LogP contribution in [-0.4, -0.2) is 60.5 Å². The summed E-state index contributed by atoms with van der Waals surface area (Å²) in [5, 5.41) is 19.4. The molecular formula is C124H92F3Ir6N10O2PtS-9. The zero-order valence-electron chi connectivity index (χ0n) is 79.3. The van der Waals surface area contributed by atoms with Crippen molar-refractivity contribution in [3.8, 4) is 117 Å². The van der Waals surface area contributed by atoms with Crippen molar-refractivity contribution in [2.75, 3.05) is 0 Å². The summed E-state index contributed by atoms with van der Waals surface area (Å²) in [5.41, 5.74) is 22.3. The van der Waals surface area contributed by atoms with Crippen LogP contribution in [0.25, 0.3) is 139 Å². The molecule has 23 heteroatoms. The van der Waals surface area contributed by atoms with E-state index in [2.05, 4.69) is 198 Å².